The second-order valence-corrected chi connectivity index (χ2v) is 3.60. The molecule has 3 heteroatoms. The molecule has 0 unspecified atom stereocenters. The monoisotopic (exact) mass is 192 g/mol. The van der Waals surface area contributed by atoms with Crippen LogP contribution in [0.3, 0.4) is 0 Å². The van der Waals surface area contributed by atoms with Crippen LogP contribution >= 0.6 is 0 Å². The molecule has 0 spiro atoms. The molecular weight excluding hydrogens is 176 g/mol. The molecule has 1 saturated heterocycles. The van der Waals surface area contributed by atoms with E-state index in [1.807, 2.05) is 12.3 Å². The van der Waals surface area contributed by atoms with Gasteiger partial charge >= 0.3 is 0 Å². The van der Waals surface area contributed by atoms with Crippen LogP contribution in [0.4, 0.5) is 0 Å². The van der Waals surface area contributed by atoms with Crippen LogP contribution in [0.15, 0.2) is 18.3 Å². The Morgan fingerprint density at radius 2 is 2.43 bits per heavy atom. The maximum absolute atomic E-state index is 5.67. The molecule has 0 aromatic carbocycles. The Morgan fingerprint density at radius 1 is 1.57 bits per heavy atom. The molecule has 14 heavy (non-hydrogen) atoms. The molecule has 1 aromatic heterocycles. The maximum Gasteiger partial charge on any atom is 0.0828 e. The van der Waals surface area contributed by atoms with Crippen molar-refractivity contribution in [3.05, 3.63) is 29.6 Å². The summed E-state index contributed by atoms with van der Waals surface area (Å²) < 4.78 is 5.67. The molecule has 1 N–H and O–H groups in total. The molecular formula is C11H16N2O. The van der Waals surface area contributed by atoms with Crippen LogP contribution < -0.4 is 5.32 Å². The first-order valence-electron chi connectivity index (χ1n) is 5.14. The normalized spacial score (nSPS) is 16.6. The van der Waals surface area contributed by atoms with E-state index in [-0.39, 0.29) is 0 Å². The summed E-state index contributed by atoms with van der Waals surface area (Å²) in [6, 6.07) is 4.14. The Kier molecular flexibility index (Phi) is 3.11. The zero-order chi connectivity index (χ0) is 9.80. The minimum atomic E-state index is 0.410. The number of ether oxygens (including phenoxy) is 1. The molecule has 1 aliphatic heterocycles. The molecule has 1 aromatic rings. The number of rotatable bonds is 4. The van der Waals surface area contributed by atoms with E-state index in [1.165, 1.54) is 5.56 Å². The lowest BCUT2D eigenvalue weighted by atomic mass is 10.2. The van der Waals surface area contributed by atoms with Gasteiger partial charge < -0.3 is 10.1 Å². The Balaban J connectivity index is 1.87. The third-order valence-electron chi connectivity index (χ3n) is 2.47. The summed E-state index contributed by atoms with van der Waals surface area (Å²) in [6.45, 7) is 4.81. The van der Waals surface area contributed by atoms with Gasteiger partial charge in [-0.05, 0) is 24.1 Å². The summed E-state index contributed by atoms with van der Waals surface area (Å²) in [5.41, 5.74) is 2.36. The summed E-state index contributed by atoms with van der Waals surface area (Å²) in [5, 5.41) is 3.18. The highest BCUT2D eigenvalue weighted by Crippen LogP contribution is 2.07. The molecule has 0 atom stereocenters. The van der Waals surface area contributed by atoms with Gasteiger partial charge in [0.25, 0.3) is 0 Å². The maximum atomic E-state index is 5.67. The first kappa shape index (κ1) is 9.62. The van der Waals surface area contributed by atoms with Crippen LogP contribution in [-0.2, 0) is 17.8 Å². The number of aromatic nitrogens is 1. The third kappa shape index (κ3) is 2.30. The van der Waals surface area contributed by atoms with Gasteiger partial charge in [0.1, 0.15) is 0 Å². The van der Waals surface area contributed by atoms with Gasteiger partial charge in [-0.3, -0.25) is 4.98 Å². The summed E-state index contributed by atoms with van der Waals surface area (Å²) >= 11 is 0. The van der Waals surface area contributed by atoms with E-state index in [0.717, 1.165) is 25.2 Å². The average Bonchev–Trinajstić information content (AvgIpc) is 2.16. The van der Waals surface area contributed by atoms with Crippen LogP contribution in [0.25, 0.3) is 0 Å². The number of pyridine rings is 1. The van der Waals surface area contributed by atoms with Gasteiger partial charge in [-0.2, -0.15) is 0 Å². The Hall–Kier alpha value is -0.930. The second kappa shape index (κ2) is 4.53. The molecule has 0 amide bonds. The fraction of sp³-hybridized carbons (Fsp3) is 0.545. The largest absolute Gasteiger partial charge is 0.371 e. The quantitative estimate of drug-likeness (QED) is 0.776. The highest BCUT2D eigenvalue weighted by atomic mass is 16.5. The fourth-order valence-electron chi connectivity index (χ4n) is 1.41. The van der Waals surface area contributed by atoms with Crippen LogP contribution in [0, 0.1) is 0 Å². The number of aryl methyl sites for hydroxylation is 1. The smallest absolute Gasteiger partial charge is 0.0828 e. The lowest BCUT2D eigenvalue weighted by Gasteiger charge is -2.27. The fourth-order valence-corrected chi connectivity index (χ4v) is 1.41. The van der Waals surface area contributed by atoms with Crippen LogP contribution in [-0.4, -0.2) is 24.2 Å². The van der Waals surface area contributed by atoms with Crippen molar-refractivity contribution in [1.29, 1.82) is 0 Å². The predicted molar refractivity (Wildman–Crippen MR) is 55.1 cm³/mol. The summed E-state index contributed by atoms with van der Waals surface area (Å²) in [5.74, 6) is 0. The van der Waals surface area contributed by atoms with E-state index >= 15 is 0 Å². The number of nitrogens with one attached hydrogen (secondary N) is 1. The van der Waals surface area contributed by atoms with Crippen molar-refractivity contribution >= 4 is 0 Å². The van der Waals surface area contributed by atoms with E-state index < -0.39 is 0 Å². The van der Waals surface area contributed by atoms with Crippen molar-refractivity contribution in [3.63, 3.8) is 0 Å². The zero-order valence-electron chi connectivity index (χ0n) is 8.49. The van der Waals surface area contributed by atoms with Crippen molar-refractivity contribution < 1.29 is 4.74 Å². The van der Waals surface area contributed by atoms with Crippen molar-refractivity contribution in [3.8, 4) is 0 Å². The van der Waals surface area contributed by atoms with Crippen LogP contribution in [0.1, 0.15) is 18.2 Å². The van der Waals surface area contributed by atoms with Gasteiger partial charge in [0.15, 0.2) is 0 Å². The van der Waals surface area contributed by atoms with Crippen LogP contribution in [0.5, 0.6) is 0 Å². The van der Waals surface area contributed by atoms with Crippen LogP contribution in [0.2, 0.25) is 0 Å². The standard InChI is InChI=1S/C11H16N2O/c1-2-10-5-9(3-4-13-10)8-14-11-6-12-7-11/h3-5,11-12H,2,6-8H2,1H3. The molecule has 2 rings (SSSR count). The summed E-state index contributed by atoms with van der Waals surface area (Å²) in [4.78, 5) is 4.25. The summed E-state index contributed by atoms with van der Waals surface area (Å²) in [7, 11) is 0. The topological polar surface area (TPSA) is 34.1 Å². The Morgan fingerprint density at radius 3 is 3.07 bits per heavy atom. The van der Waals surface area contributed by atoms with E-state index in [2.05, 4.69) is 23.3 Å². The van der Waals surface area contributed by atoms with E-state index in [1.54, 1.807) is 0 Å². The van der Waals surface area contributed by atoms with Crippen molar-refractivity contribution in [2.24, 2.45) is 0 Å². The van der Waals surface area contributed by atoms with Gasteiger partial charge in [0.05, 0.1) is 12.7 Å². The van der Waals surface area contributed by atoms with Gasteiger partial charge in [-0.15, -0.1) is 0 Å². The number of hydrogen-bond acceptors (Lipinski definition) is 3. The highest BCUT2D eigenvalue weighted by Gasteiger charge is 2.16. The van der Waals surface area contributed by atoms with E-state index in [9.17, 15) is 0 Å². The van der Waals surface area contributed by atoms with Crippen molar-refractivity contribution in [1.82, 2.24) is 10.3 Å². The summed E-state index contributed by atoms with van der Waals surface area (Å²) in [6.07, 6.45) is 3.25. The lowest BCUT2D eigenvalue weighted by molar-refractivity contribution is 0.00753. The molecule has 3 nitrogen and oxygen atoms in total. The SMILES string of the molecule is CCc1cc(COC2CNC2)ccn1. The average molecular weight is 192 g/mol. The molecule has 76 valence electrons. The Labute approximate surface area is 84.5 Å². The zero-order valence-corrected chi connectivity index (χ0v) is 8.49. The van der Waals surface area contributed by atoms with E-state index in [4.69, 9.17) is 4.74 Å². The molecule has 0 radical (unpaired) electrons. The second-order valence-electron chi connectivity index (χ2n) is 3.60. The number of hydrogen-bond donors (Lipinski definition) is 1. The molecule has 1 fully saturated rings. The van der Waals surface area contributed by atoms with Crippen molar-refractivity contribution in [2.75, 3.05) is 13.1 Å². The van der Waals surface area contributed by atoms with Gasteiger partial charge in [0, 0.05) is 25.0 Å². The molecule has 0 aliphatic carbocycles. The minimum absolute atomic E-state index is 0.410. The van der Waals surface area contributed by atoms with Gasteiger partial charge in [-0.25, -0.2) is 0 Å². The van der Waals surface area contributed by atoms with Gasteiger partial charge in [-0.1, -0.05) is 6.92 Å². The minimum Gasteiger partial charge on any atom is -0.371 e. The Bertz CT molecular complexity index is 297. The molecule has 0 saturated carbocycles. The first-order valence-corrected chi connectivity index (χ1v) is 5.14. The van der Waals surface area contributed by atoms with Crippen molar-refractivity contribution in [2.45, 2.75) is 26.1 Å². The lowest BCUT2D eigenvalue weighted by Crippen LogP contribution is -2.48. The number of nitrogens with zero attached hydrogens (tertiary/aromatic N) is 1. The van der Waals surface area contributed by atoms with Gasteiger partial charge in [0.2, 0.25) is 0 Å². The predicted octanol–water partition coefficient (Wildman–Crippen LogP) is 1.13. The molecule has 0 bridgehead atoms. The third-order valence-corrected chi connectivity index (χ3v) is 2.47. The molecule has 2 heterocycles. The van der Waals surface area contributed by atoms with E-state index in [0.29, 0.717) is 12.7 Å². The highest BCUT2D eigenvalue weighted by molar-refractivity contribution is 5.15. The molecule has 1 aliphatic rings. The first-order chi connectivity index (χ1) is 6.88.